The van der Waals surface area contributed by atoms with Crippen LogP contribution >= 0.6 is 0 Å². The summed E-state index contributed by atoms with van der Waals surface area (Å²) in [5, 5.41) is 18.0. The molecule has 0 spiro atoms. The fourth-order valence-corrected chi connectivity index (χ4v) is 2.81. The molecule has 0 rings (SSSR count). The van der Waals surface area contributed by atoms with Gasteiger partial charge in [0.1, 0.15) is 0 Å². The minimum absolute atomic E-state index is 0. The summed E-state index contributed by atoms with van der Waals surface area (Å²) >= 11 is 8.89. The van der Waals surface area contributed by atoms with E-state index >= 15 is 0 Å². The van der Waals surface area contributed by atoms with Crippen molar-refractivity contribution in [2.75, 3.05) is 0 Å². The molecule has 4 nitrogen and oxygen atoms in total. The number of hydrogen-bond acceptors (Lipinski definition) is 6. The number of aliphatic hydroxyl groups is 2. The molecule has 0 saturated heterocycles. The Labute approximate surface area is 203 Å². The predicted molar refractivity (Wildman–Crippen MR) is 122 cm³/mol. The fraction of sp³-hybridized carbons (Fsp3) is 0.909. The van der Waals surface area contributed by atoms with E-state index in [1.54, 1.807) is 0 Å². The fourth-order valence-electron chi connectivity index (χ4n) is 2.60. The van der Waals surface area contributed by atoms with Crippen LogP contribution in [-0.2, 0) is 54.3 Å². The topological polar surface area (TPSA) is 74.6 Å². The smallest absolute Gasteiger partial charge is 0.739 e. The molecule has 0 aliphatic heterocycles. The van der Waals surface area contributed by atoms with Gasteiger partial charge in [0, 0.05) is 10.2 Å². The maximum atomic E-state index is 10.8. The van der Waals surface area contributed by atoms with Crippen LogP contribution in [0.5, 0.6) is 0 Å². The van der Waals surface area contributed by atoms with E-state index in [1.807, 2.05) is 0 Å². The van der Waals surface area contributed by atoms with Crippen molar-refractivity contribution in [1.29, 1.82) is 0 Å². The first-order valence-electron chi connectivity index (χ1n) is 10.6. The average molecular weight is 500 g/mol. The number of carbonyl (C=O) groups is 2. The Kier molecular flexibility index (Phi) is 21.0. The van der Waals surface area contributed by atoms with E-state index in [1.165, 1.54) is 39.5 Å². The Bertz CT molecular complexity index is 399. The second-order valence-corrected chi connectivity index (χ2v) is 9.85. The Balaban J connectivity index is -0.000000451. The number of unbranched alkanes of at least 4 members (excludes halogenated alkanes) is 4. The minimum atomic E-state index is -1.28. The summed E-state index contributed by atoms with van der Waals surface area (Å²) in [7, 11) is 0. The first-order chi connectivity index (χ1) is 12.7. The maximum Gasteiger partial charge on any atom is 2.00 e. The molecule has 2 unspecified atom stereocenters. The summed E-state index contributed by atoms with van der Waals surface area (Å²) < 4.78 is 0. The van der Waals surface area contributed by atoms with Gasteiger partial charge in [-0.1, -0.05) is 79.1 Å². The first-order valence-corrected chi connectivity index (χ1v) is 11.4. The van der Waals surface area contributed by atoms with Gasteiger partial charge in [-0.05, 0) is 38.5 Å². The molecule has 0 aromatic heterocycles. The van der Waals surface area contributed by atoms with Gasteiger partial charge in [-0.15, -0.1) is 0 Å². The summed E-state index contributed by atoms with van der Waals surface area (Å²) in [6.07, 6.45) is 9.63. The second kappa shape index (κ2) is 17.9. The largest absolute Gasteiger partial charge is 2.00 e. The number of rotatable bonds is 14. The summed E-state index contributed by atoms with van der Waals surface area (Å²) in [6.45, 7) is 11.8. The Hall–Kier alpha value is 0.323. The zero-order valence-corrected chi connectivity index (χ0v) is 24.1. The summed E-state index contributed by atoms with van der Waals surface area (Å²) in [4.78, 5) is 21.6. The molecule has 0 saturated carbocycles. The van der Waals surface area contributed by atoms with E-state index in [2.05, 4.69) is 53.0 Å². The van der Waals surface area contributed by atoms with Crippen molar-refractivity contribution in [1.82, 2.24) is 0 Å². The van der Waals surface area contributed by atoms with E-state index < -0.39 is 21.4 Å². The zero-order chi connectivity index (χ0) is 22.4. The van der Waals surface area contributed by atoms with Gasteiger partial charge in [0.05, 0.1) is 11.2 Å². The van der Waals surface area contributed by atoms with Gasteiger partial charge in [-0.2, -0.15) is 0 Å². The van der Waals surface area contributed by atoms with Crippen molar-refractivity contribution < 1.29 is 39.3 Å². The third-order valence-electron chi connectivity index (χ3n) is 4.77. The van der Waals surface area contributed by atoms with Crippen molar-refractivity contribution in [3.63, 3.8) is 0 Å². The van der Waals surface area contributed by atoms with Crippen molar-refractivity contribution in [2.45, 2.75) is 117 Å². The molecule has 0 radical (unpaired) electrons. The SMILES string of the molecule is CC(C)CCCCCC(C)(O)C(=O)[S-].CC(C)CCCCCC(C)(O)C(=O)[S-].[Zn+2]. The van der Waals surface area contributed by atoms with E-state index in [0.717, 1.165) is 37.5 Å². The van der Waals surface area contributed by atoms with Gasteiger partial charge in [-0.25, -0.2) is 0 Å². The maximum absolute atomic E-state index is 10.8. The van der Waals surface area contributed by atoms with E-state index in [9.17, 15) is 19.8 Å². The summed E-state index contributed by atoms with van der Waals surface area (Å²) in [5.74, 6) is 1.46. The zero-order valence-electron chi connectivity index (χ0n) is 19.5. The summed E-state index contributed by atoms with van der Waals surface area (Å²) in [5.41, 5.74) is -2.57. The van der Waals surface area contributed by atoms with Crippen LogP contribution in [0, 0.1) is 11.8 Å². The van der Waals surface area contributed by atoms with Crippen LogP contribution < -0.4 is 0 Å². The standard InChI is InChI=1S/2C11H22O2S.Zn/c2*1-9(2)7-5-4-6-8-11(3,13)10(12)14;/h2*9,13H,4-8H2,1-3H3,(H,12,14);/q;;+2/p-2. The van der Waals surface area contributed by atoms with Crippen molar-refractivity contribution in [2.24, 2.45) is 11.8 Å². The minimum Gasteiger partial charge on any atom is -0.739 e. The van der Waals surface area contributed by atoms with Gasteiger partial charge in [0.2, 0.25) is 0 Å². The van der Waals surface area contributed by atoms with Gasteiger partial charge in [0.25, 0.3) is 0 Å². The molecular weight excluding hydrogens is 458 g/mol. The quantitative estimate of drug-likeness (QED) is 0.202. The van der Waals surface area contributed by atoms with Crippen LogP contribution in [0.3, 0.4) is 0 Å². The molecule has 7 heteroatoms. The molecule has 0 aromatic carbocycles. The molecule has 0 bridgehead atoms. The van der Waals surface area contributed by atoms with Crippen LogP contribution in [0.25, 0.3) is 0 Å². The number of carbonyl (C=O) groups excluding carboxylic acids is 2. The third-order valence-corrected chi connectivity index (χ3v) is 5.65. The van der Waals surface area contributed by atoms with Crippen LogP contribution in [0.2, 0.25) is 0 Å². The van der Waals surface area contributed by atoms with Gasteiger partial charge in [-0.3, -0.25) is 0 Å². The Morgan fingerprint density at radius 3 is 1.17 bits per heavy atom. The van der Waals surface area contributed by atoms with Crippen molar-refractivity contribution in [3.8, 4) is 0 Å². The third kappa shape index (κ3) is 21.3. The molecule has 0 aromatic rings. The Morgan fingerprint density at radius 2 is 0.966 bits per heavy atom. The van der Waals surface area contributed by atoms with Crippen LogP contribution in [-0.4, -0.2) is 31.6 Å². The molecule has 0 fully saturated rings. The second-order valence-electron chi connectivity index (χ2n) is 9.11. The molecule has 0 aliphatic carbocycles. The summed E-state index contributed by atoms with van der Waals surface area (Å²) in [6, 6.07) is 0. The normalized spacial score (nSPS) is 15.0. The average Bonchev–Trinajstić information content (AvgIpc) is 2.53. The number of hydrogen-bond donors (Lipinski definition) is 2. The van der Waals surface area contributed by atoms with Crippen LogP contribution in [0.15, 0.2) is 0 Å². The van der Waals surface area contributed by atoms with Crippen molar-refractivity contribution in [3.05, 3.63) is 0 Å². The van der Waals surface area contributed by atoms with E-state index in [-0.39, 0.29) is 19.5 Å². The molecular formula is C22H42O4S2Zn. The molecule has 2 atom stereocenters. The van der Waals surface area contributed by atoms with Crippen LogP contribution in [0.4, 0.5) is 0 Å². The molecule has 0 aliphatic rings. The monoisotopic (exact) mass is 498 g/mol. The van der Waals surface area contributed by atoms with Gasteiger partial charge in [0.15, 0.2) is 0 Å². The molecule has 0 amide bonds. The van der Waals surface area contributed by atoms with Gasteiger partial charge >= 0.3 is 19.5 Å². The Morgan fingerprint density at radius 1 is 0.690 bits per heavy atom. The molecule has 168 valence electrons. The molecule has 2 N–H and O–H groups in total. The van der Waals surface area contributed by atoms with E-state index in [0.29, 0.717) is 12.8 Å². The first kappa shape index (κ1) is 33.9. The predicted octanol–water partition coefficient (Wildman–Crippen LogP) is 4.83. The molecule has 29 heavy (non-hydrogen) atoms. The molecule has 0 heterocycles. The van der Waals surface area contributed by atoms with Crippen LogP contribution in [0.1, 0.15) is 106 Å². The van der Waals surface area contributed by atoms with Gasteiger partial charge < -0.3 is 45.1 Å². The van der Waals surface area contributed by atoms with Crippen molar-refractivity contribution >= 4 is 35.5 Å². The van der Waals surface area contributed by atoms with E-state index in [4.69, 9.17) is 0 Å².